The number of hydrogen-bond acceptors (Lipinski definition) is 2. The number of hydrogen-bond donors (Lipinski definition) is 0. The minimum Gasteiger partial charge on any atom is -0.458 e. The van der Waals surface area contributed by atoms with E-state index in [2.05, 4.69) is 41.2 Å². The maximum atomic E-state index is 12.5. The summed E-state index contributed by atoms with van der Waals surface area (Å²) in [5.41, 5.74) is 1.10. The first-order valence-corrected chi connectivity index (χ1v) is 9.65. The molecule has 23 heavy (non-hydrogen) atoms. The standard InChI is InChI=1S/C21H36O2/c1-7-9-10-16(8-2)13-15(3)19(22)23-18-14-17-11-12-21(18,6)20(17,4)5/h16-18H,3,7-14H2,1-2,4-6H3. The topological polar surface area (TPSA) is 26.3 Å². The molecule has 0 radical (unpaired) electrons. The summed E-state index contributed by atoms with van der Waals surface area (Å²) in [6.45, 7) is 15.5. The van der Waals surface area contributed by atoms with Crippen LogP contribution in [0.25, 0.3) is 0 Å². The predicted molar refractivity (Wildman–Crippen MR) is 96.2 cm³/mol. The van der Waals surface area contributed by atoms with Crippen LogP contribution >= 0.6 is 0 Å². The molecule has 2 heteroatoms. The lowest BCUT2D eigenvalue weighted by atomic mass is 9.70. The van der Waals surface area contributed by atoms with Gasteiger partial charge in [-0.1, -0.05) is 66.9 Å². The van der Waals surface area contributed by atoms with Crippen LogP contribution in [0.3, 0.4) is 0 Å². The van der Waals surface area contributed by atoms with E-state index in [9.17, 15) is 4.79 Å². The van der Waals surface area contributed by atoms with Gasteiger partial charge in [0.15, 0.2) is 0 Å². The maximum absolute atomic E-state index is 12.5. The van der Waals surface area contributed by atoms with E-state index >= 15 is 0 Å². The lowest BCUT2D eigenvalue weighted by Gasteiger charge is -2.38. The van der Waals surface area contributed by atoms with Crippen LogP contribution in [-0.4, -0.2) is 12.1 Å². The van der Waals surface area contributed by atoms with Crippen molar-refractivity contribution in [2.75, 3.05) is 0 Å². The highest BCUT2D eigenvalue weighted by atomic mass is 16.5. The van der Waals surface area contributed by atoms with Crippen molar-refractivity contribution < 1.29 is 9.53 Å². The summed E-state index contributed by atoms with van der Waals surface area (Å²) < 4.78 is 5.96. The van der Waals surface area contributed by atoms with Crippen LogP contribution in [0.4, 0.5) is 0 Å². The second-order valence-electron chi connectivity index (χ2n) is 8.73. The van der Waals surface area contributed by atoms with Crippen molar-refractivity contribution >= 4 is 5.97 Å². The molecular weight excluding hydrogens is 284 g/mol. The molecule has 132 valence electrons. The van der Waals surface area contributed by atoms with Gasteiger partial charge in [-0.25, -0.2) is 4.79 Å². The van der Waals surface area contributed by atoms with Crippen LogP contribution in [0, 0.1) is 22.7 Å². The average molecular weight is 321 g/mol. The van der Waals surface area contributed by atoms with E-state index in [4.69, 9.17) is 4.74 Å². The van der Waals surface area contributed by atoms with Gasteiger partial charge in [-0.15, -0.1) is 0 Å². The molecule has 4 atom stereocenters. The highest BCUT2D eigenvalue weighted by Gasteiger charge is 2.62. The molecule has 2 aliphatic carbocycles. The molecule has 0 N–H and O–H groups in total. The first-order chi connectivity index (χ1) is 10.8. The molecular formula is C21H36O2. The van der Waals surface area contributed by atoms with Crippen LogP contribution < -0.4 is 0 Å². The lowest BCUT2D eigenvalue weighted by molar-refractivity contribution is -0.152. The molecule has 2 aliphatic rings. The zero-order valence-electron chi connectivity index (χ0n) is 15.9. The highest BCUT2D eigenvalue weighted by molar-refractivity contribution is 5.87. The van der Waals surface area contributed by atoms with Gasteiger partial charge in [0.25, 0.3) is 0 Å². The zero-order chi connectivity index (χ0) is 17.3. The van der Waals surface area contributed by atoms with Crippen molar-refractivity contribution in [2.24, 2.45) is 22.7 Å². The van der Waals surface area contributed by atoms with Gasteiger partial charge < -0.3 is 4.74 Å². The summed E-state index contributed by atoms with van der Waals surface area (Å²) in [4.78, 5) is 12.5. The van der Waals surface area contributed by atoms with E-state index < -0.39 is 0 Å². The number of carbonyl (C=O) groups is 1. The summed E-state index contributed by atoms with van der Waals surface area (Å²) in [6, 6.07) is 0. The Bertz CT molecular complexity index is 451. The lowest BCUT2D eigenvalue weighted by Crippen LogP contribution is -2.38. The fourth-order valence-electron chi connectivity index (χ4n) is 4.90. The second kappa shape index (κ2) is 6.99. The molecule has 0 aliphatic heterocycles. The van der Waals surface area contributed by atoms with Crippen LogP contribution in [0.2, 0.25) is 0 Å². The second-order valence-corrected chi connectivity index (χ2v) is 8.73. The quantitative estimate of drug-likeness (QED) is 0.410. The van der Waals surface area contributed by atoms with E-state index in [-0.39, 0.29) is 22.9 Å². The zero-order valence-corrected chi connectivity index (χ0v) is 15.9. The van der Waals surface area contributed by atoms with E-state index in [1.165, 1.54) is 32.1 Å². The molecule has 0 aromatic heterocycles. The van der Waals surface area contributed by atoms with Crippen molar-refractivity contribution in [2.45, 2.75) is 92.1 Å². The van der Waals surface area contributed by atoms with Crippen LogP contribution in [-0.2, 0) is 9.53 Å². The smallest absolute Gasteiger partial charge is 0.333 e. The van der Waals surface area contributed by atoms with E-state index in [0.29, 0.717) is 17.4 Å². The molecule has 0 aromatic rings. The third kappa shape index (κ3) is 3.37. The third-order valence-electron chi connectivity index (χ3n) is 7.33. The van der Waals surface area contributed by atoms with Gasteiger partial charge in [0.2, 0.25) is 0 Å². The maximum Gasteiger partial charge on any atom is 0.333 e. The van der Waals surface area contributed by atoms with Crippen molar-refractivity contribution in [1.29, 1.82) is 0 Å². The van der Waals surface area contributed by atoms with Crippen molar-refractivity contribution in [3.05, 3.63) is 12.2 Å². The Balaban J connectivity index is 1.91. The molecule has 0 spiro atoms. The highest BCUT2D eigenvalue weighted by Crippen LogP contribution is 2.66. The normalized spacial score (nSPS) is 32.7. The molecule has 0 heterocycles. The largest absolute Gasteiger partial charge is 0.458 e. The minimum atomic E-state index is -0.144. The van der Waals surface area contributed by atoms with Crippen LogP contribution in [0.1, 0.15) is 86.0 Å². The Hall–Kier alpha value is -0.790. The number of ether oxygens (including phenoxy) is 1. The molecule has 4 unspecified atom stereocenters. The molecule has 2 fully saturated rings. The first-order valence-electron chi connectivity index (χ1n) is 9.65. The Morgan fingerprint density at radius 1 is 1.30 bits per heavy atom. The average Bonchev–Trinajstić information content (AvgIpc) is 2.84. The van der Waals surface area contributed by atoms with Gasteiger partial charge in [-0.2, -0.15) is 0 Å². The van der Waals surface area contributed by atoms with Crippen LogP contribution in [0.15, 0.2) is 12.2 Å². The number of fused-ring (bicyclic) bond motifs is 2. The summed E-state index contributed by atoms with van der Waals surface area (Å²) >= 11 is 0. The monoisotopic (exact) mass is 320 g/mol. The SMILES string of the molecule is C=C(CC(CC)CCCC)C(=O)OC1CC2CCC1(C)C2(C)C. The van der Waals surface area contributed by atoms with E-state index in [0.717, 1.165) is 19.3 Å². The van der Waals surface area contributed by atoms with Gasteiger partial charge in [-0.3, -0.25) is 0 Å². The summed E-state index contributed by atoms with van der Waals surface area (Å²) in [7, 11) is 0. The molecule has 2 rings (SSSR count). The molecule has 0 amide bonds. The van der Waals surface area contributed by atoms with E-state index in [1.807, 2.05) is 0 Å². The van der Waals surface area contributed by atoms with Gasteiger partial charge in [-0.05, 0) is 42.9 Å². The van der Waals surface area contributed by atoms with Gasteiger partial charge in [0.1, 0.15) is 6.10 Å². The van der Waals surface area contributed by atoms with Gasteiger partial charge in [0, 0.05) is 11.0 Å². The number of unbranched alkanes of at least 4 members (excludes halogenated alkanes) is 1. The first kappa shape index (κ1) is 18.5. The Morgan fingerprint density at radius 3 is 2.48 bits per heavy atom. The van der Waals surface area contributed by atoms with Crippen molar-refractivity contribution in [1.82, 2.24) is 0 Å². The summed E-state index contributed by atoms with van der Waals surface area (Å²) in [5, 5.41) is 0. The fraction of sp³-hybridized carbons (Fsp3) is 0.857. The third-order valence-corrected chi connectivity index (χ3v) is 7.33. The number of rotatable bonds is 8. The molecule has 0 aromatic carbocycles. The molecule has 0 saturated heterocycles. The molecule has 2 bridgehead atoms. The van der Waals surface area contributed by atoms with Gasteiger partial charge in [0.05, 0.1) is 0 Å². The van der Waals surface area contributed by atoms with Crippen LogP contribution in [0.5, 0.6) is 0 Å². The number of carbonyl (C=O) groups excluding carboxylic acids is 1. The predicted octanol–water partition coefficient (Wildman–Crippen LogP) is 5.91. The summed E-state index contributed by atoms with van der Waals surface area (Å²) in [5.74, 6) is 1.13. The summed E-state index contributed by atoms with van der Waals surface area (Å²) in [6.07, 6.45) is 9.13. The fourth-order valence-corrected chi connectivity index (χ4v) is 4.90. The molecule has 2 nitrogen and oxygen atoms in total. The van der Waals surface area contributed by atoms with Crippen molar-refractivity contribution in [3.63, 3.8) is 0 Å². The van der Waals surface area contributed by atoms with Crippen molar-refractivity contribution in [3.8, 4) is 0 Å². The van der Waals surface area contributed by atoms with E-state index in [1.54, 1.807) is 0 Å². The minimum absolute atomic E-state index is 0.0798. The Morgan fingerprint density at radius 2 is 2.00 bits per heavy atom. The molecule has 2 saturated carbocycles. The number of esters is 1. The Labute approximate surface area is 143 Å². The Kier molecular flexibility index (Phi) is 5.63. The van der Waals surface area contributed by atoms with Gasteiger partial charge >= 0.3 is 5.97 Å².